The monoisotopic (exact) mass is 164 g/mol. The molecule has 0 spiro atoms. The molecule has 66 valence electrons. The van der Waals surface area contributed by atoms with Gasteiger partial charge >= 0.3 is 0 Å². The van der Waals surface area contributed by atoms with Gasteiger partial charge in [-0.05, 0) is 11.8 Å². The summed E-state index contributed by atoms with van der Waals surface area (Å²) >= 11 is 0. The maximum absolute atomic E-state index is 8.85. The first-order valence-corrected chi connectivity index (χ1v) is 4.33. The van der Waals surface area contributed by atoms with Crippen molar-refractivity contribution in [2.24, 2.45) is 23.7 Å². The second-order valence-corrected chi connectivity index (χ2v) is 3.80. The van der Waals surface area contributed by atoms with E-state index in [9.17, 15) is 0 Å². The molecule has 0 heterocycles. The van der Waals surface area contributed by atoms with Gasteiger partial charge in [-0.25, -0.2) is 0 Å². The van der Waals surface area contributed by atoms with E-state index < -0.39 is 0 Å². The molecule has 0 bridgehead atoms. The molecule has 0 aromatic rings. The molecular weight excluding hydrogens is 148 g/mol. The fourth-order valence-electron chi connectivity index (χ4n) is 1.29. The molecule has 0 saturated heterocycles. The normalized spacial score (nSPS) is 15.3. The van der Waals surface area contributed by atoms with Crippen LogP contribution in [-0.4, -0.2) is 0 Å². The van der Waals surface area contributed by atoms with E-state index in [-0.39, 0.29) is 23.7 Å². The summed E-state index contributed by atoms with van der Waals surface area (Å²) in [4.78, 5) is 0. The number of rotatable bonds is 3. The number of hydrogen-bond donors (Lipinski definition) is 0. The molecule has 0 amide bonds. The van der Waals surface area contributed by atoms with Crippen molar-refractivity contribution in [2.45, 2.75) is 27.7 Å². The Hall–Kier alpha value is -1.02. The first-order valence-electron chi connectivity index (χ1n) is 4.33. The largest absolute Gasteiger partial charge is 0.198 e. The zero-order valence-electron chi connectivity index (χ0n) is 8.20. The van der Waals surface area contributed by atoms with Gasteiger partial charge in [-0.1, -0.05) is 27.7 Å². The molecule has 0 aliphatic carbocycles. The minimum Gasteiger partial charge on any atom is -0.198 e. The Bertz CT molecular complexity index is 181. The smallest absolute Gasteiger partial charge is 0.0672 e. The quantitative estimate of drug-likeness (QED) is 0.643. The van der Waals surface area contributed by atoms with E-state index in [1.54, 1.807) is 0 Å². The molecule has 0 radical (unpaired) electrons. The molecule has 12 heavy (non-hydrogen) atoms. The van der Waals surface area contributed by atoms with Crippen molar-refractivity contribution in [3.8, 4) is 12.1 Å². The number of hydrogen-bond acceptors (Lipinski definition) is 2. The average molecular weight is 164 g/mol. The van der Waals surface area contributed by atoms with Gasteiger partial charge in [0.05, 0.1) is 24.0 Å². The number of nitrogens with zero attached hydrogens (tertiary/aromatic N) is 2. The Morgan fingerprint density at radius 3 is 1.08 bits per heavy atom. The molecule has 0 saturated carbocycles. The first-order chi connectivity index (χ1) is 5.54. The minimum absolute atomic E-state index is 0.130. The van der Waals surface area contributed by atoms with Crippen LogP contribution in [0.2, 0.25) is 0 Å². The average Bonchev–Trinajstić information content (AvgIpc) is 1.98. The summed E-state index contributed by atoms with van der Waals surface area (Å²) in [5.74, 6) is 0.272. The van der Waals surface area contributed by atoms with Crippen molar-refractivity contribution in [3.05, 3.63) is 0 Å². The van der Waals surface area contributed by atoms with Crippen molar-refractivity contribution in [1.82, 2.24) is 0 Å². The standard InChI is InChI=1S/C10H16N2/c1-7(2)9(5-11)10(6-12)8(3)4/h7-10H,1-4H3. The minimum atomic E-state index is -0.130. The summed E-state index contributed by atoms with van der Waals surface area (Å²) in [6, 6.07) is 4.42. The second kappa shape index (κ2) is 4.78. The van der Waals surface area contributed by atoms with Gasteiger partial charge in [-0.2, -0.15) is 10.5 Å². The van der Waals surface area contributed by atoms with E-state index in [1.807, 2.05) is 27.7 Å². The lowest BCUT2D eigenvalue weighted by atomic mass is 9.79. The summed E-state index contributed by atoms with van der Waals surface area (Å²) in [6.07, 6.45) is 0. The van der Waals surface area contributed by atoms with E-state index >= 15 is 0 Å². The van der Waals surface area contributed by atoms with Gasteiger partial charge in [-0.3, -0.25) is 0 Å². The molecule has 0 rings (SSSR count). The van der Waals surface area contributed by atoms with Crippen LogP contribution in [0.25, 0.3) is 0 Å². The van der Waals surface area contributed by atoms with Gasteiger partial charge in [-0.15, -0.1) is 0 Å². The lowest BCUT2D eigenvalue weighted by Gasteiger charge is -2.21. The van der Waals surface area contributed by atoms with Gasteiger partial charge in [0.1, 0.15) is 0 Å². The van der Waals surface area contributed by atoms with Crippen LogP contribution in [0.3, 0.4) is 0 Å². The van der Waals surface area contributed by atoms with Crippen LogP contribution in [0.1, 0.15) is 27.7 Å². The topological polar surface area (TPSA) is 47.6 Å². The fraction of sp³-hybridized carbons (Fsp3) is 0.800. The lowest BCUT2D eigenvalue weighted by Crippen LogP contribution is -2.21. The predicted molar refractivity (Wildman–Crippen MR) is 47.9 cm³/mol. The van der Waals surface area contributed by atoms with Crippen molar-refractivity contribution < 1.29 is 0 Å². The van der Waals surface area contributed by atoms with E-state index in [4.69, 9.17) is 10.5 Å². The summed E-state index contributed by atoms with van der Waals surface area (Å²) in [6.45, 7) is 7.95. The zero-order valence-corrected chi connectivity index (χ0v) is 8.20. The zero-order chi connectivity index (χ0) is 9.72. The van der Waals surface area contributed by atoms with Crippen LogP contribution in [0, 0.1) is 46.3 Å². The highest BCUT2D eigenvalue weighted by molar-refractivity contribution is 5.00. The van der Waals surface area contributed by atoms with Crippen LogP contribution in [0.4, 0.5) is 0 Å². The molecule has 0 aromatic carbocycles. The Morgan fingerprint density at radius 1 is 0.750 bits per heavy atom. The highest BCUT2D eigenvalue weighted by atomic mass is 14.4. The summed E-state index contributed by atoms with van der Waals surface area (Å²) in [7, 11) is 0. The van der Waals surface area contributed by atoms with Crippen LogP contribution in [0.5, 0.6) is 0 Å². The SMILES string of the molecule is CC(C)C(C#N)C(C#N)C(C)C. The first kappa shape index (κ1) is 11.0. The van der Waals surface area contributed by atoms with Crippen molar-refractivity contribution in [1.29, 1.82) is 10.5 Å². The van der Waals surface area contributed by atoms with Crippen LogP contribution >= 0.6 is 0 Å². The Balaban J connectivity index is 4.51. The van der Waals surface area contributed by atoms with Gasteiger partial charge in [0.25, 0.3) is 0 Å². The van der Waals surface area contributed by atoms with Crippen LogP contribution in [0.15, 0.2) is 0 Å². The summed E-state index contributed by atoms with van der Waals surface area (Å²) < 4.78 is 0. The fourth-order valence-corrected chi connectivity index (χ4v) is 1.29. The van der Waals surface area contributed by atoms with Crippen LogP contribution in [-0.2, 0) is 0 Å². The lowest BCUT2D eigenvalue weighted by molar-refractivity contribution is 0.310. The molecule has 2 nitrogen and oxygen atoms in total. The number of nitriles is 2. The molecule has 0 fully saturated rings. The molecule has 2 atom stereocenters. The third kappa shape index (κ3) is 2.55. The van der Waals surface area contributed by atoms with Gasteiger partial charge in [0.15, 0.2) is 0 Å². The highest BCUT2D eigenvalue weighted by Crippen LogP contribution is 2.25. The maximum Gasteiger partial charge on any atom is 0.0672 e. The van der Waals surface area contributed by atoms with Gasteiger partial charge in [0.2, 0.25) is 0 Å². The van der Waals surface area contributed by atoms with Gasteiger partial charge < -0.3 is 0 Å². The van der Waals surface area contributed by atoms with Crippen molar-refractivity contribution in [2.75, 3.05) is 0 Å². The molecule has 0 aliphatic heterocycles. The highest BCUT2D eigenvalue weighted by Gasteiger charge is 2.26. The van der Waals surface area contributed by atoms with Crippen molar-refractivity contribution >= 4 is 0 Å². The summed E-state index contributed by atoms with van der Waals surface area (Å²) in [5.41, 5.74) is 0. The van der Waals surface area contributed by atoms with Crippen LogP contribution < -0.4 is 0 Å². The van der Waals surface area contributed by atoms with E-state index in [1.165, 1.54) is 0 Å². The van der Waals surface area contributed by atoms with Gasteiger partial charge in [0, 0.05) is 0 Å². The second-order valence-electron chi connectivity index (χ2n) is 3.80. The molecule has 0 aliphatic rings. The molecule has 0 N–H and O–H groups in total. The third-order valence-corrected chi connectivity index (χ3v) is 2.12. The molecule has 2 heteroatoms. The third-order valence-electron chi connectivity index (χ3n) is 2.12. The Labute approximate surface area is 74.8 Å². The summed E-state index contributed by atoms with van der Waals surface area (Å²) in [5, 5.41) is 17.7. The van der Waals surface area contributed by atoms with Crippen molar-refractivity contribution in [3.63, 3.8) is 0 Å². The predicted octanol–water partition coefficient (Wildman–Crippen LogP) is 2.58. The molecule has 2 unspecified atom stereocenters. The van der Waals surface area contributed by atoms with E-state index in [2.05, 4.69) is 12.1 Å². The van der Waals surface area contributed by atoms with E-state index in [0.717, 1.165) is 0 Å². The molecular formula is C10H16N2. The Kier molecular flexibility index (Phi) is 4.37. The Morgan fingerprint density at radius 2 is 1.00 bits per heavy atom. The molecule has 0 aromatic heterocycles. The maximum atomic E-state index is 8.85. The van der Waals surface area contributed by atoms with E-state index in [0.29, 0.717) is 0 Å².